The van der Waals surface area contributed by atoms with E-state index in [2.05, 4.69) is 84.9 Å². The van der Waals surface area contributed by atoms with E-state index in [-0.39, 0.29) is 37.5 Å². The summed E-state index contributed by atoms with van der Waals surface area (Å²) in [6.07, 6.45) is 1.82. The number of aromatic nitrogens is 4. The molecule has 0 aliphatic rings. The molecule has 0 atom stereocenters. The Bertz CT molecular complexity index is 2430. The molecule has 0 aliphatic heterocycles. The zero-order valence-electron chi connectivity index (χ0n) is 32.2. The first-order chi connectivity index (χ1) is 24.0. The number of benzene rings is 4. The number of fused-ring (bicyclic) bond motifs is 3. The molecule has 3 aromatic heterocycles. The fourth-order valence-corrected chi connectivity index (χ4v) is 6.38. The predicted molar refractivity (Wildman–Crippen MR) is 197 cm³/mol. The van der Waals surface area contributed by atoms with Crippen molar-refractivity contribution in [2.45, 2.75) is 73.1 Å². The normalized spacial score (nSPS) is 13.2. The Morgan fingerprint density at radius 1 is 0.755 bits per heavy atom. The van der Waals surface area contributed by atoms with E-state index in [1.807, 2.05) is 70.9 Å². The largest absolute Gasteiger partial charge is 2.00 e. The third-order valence-corrected chi connectivity index (χ3v) is 8.99. The van der Waals surface area contributed by atoms with Gasteiger partial charge in [-0.3, -0.25) is 4.68 Å². The molecule has 0 aliphatic carbocycles. The van der Waals surface area contributed by atoms with Crippen LogP contribution in [0.2, 0.25) is 0 Å². The molecule has 0 N–H and O–H groups in total. The number of pyridine rings is 1. The minimum atomic E-state index is -2.24. The summed E-state index contributed by atoms with van der Waals surface area (Å²) in [4.78, 5) is 4.78. The molecule has 6 heteroatoms. The standard InChI is InChI=1S/C43H42N4O.Pt/c1-27-15-18-38-37(21-27)36-17-16-34(26-39(36)46(38)40-24-31(19-20-44-40)42(4,5)6)48-35-23-32(43(7,8)9)22-33(25-35)47-29(3)41(28(2)45-47)30-13-11-10-12-14-30;/h10-24H,1-9H3;/q-2;+2/i1D3;. The molecule has 49 heavy (non-hydrogen) atoms. The molecule has 0 amide bonds. The molecule has 0 unspecified atom stereocenters. The molecule has 5 nitrogen and oxygen atoms in total. The van der Waals surface area contributed by atoms with Gasteiger partial charge in [-0.2, -0.15) is 11.2 Å². The molecule has 0 spiro atoms. The van der Waals surface area contributed by atoms with E-state index in [4.69, 9.17) is 18.9 Å². The van der Waals surface area contributed by atoms with Crippen LogP contribution >= 0.6 is 0 Å². The van der Waals surface area contributed by atoms with Gasteiger partial charge in [-0.15, -0.1) is 41.3 Å². The number of rotatable bonds is 5. The first kappa shape index (κ1) is 30.6. The van der Waals surface area contributed by atoms with Crippen LogP contribution in [0.5, 0.6) is 11.5 Å². The topological polar surface area (TPSA) is 44.9 Å². The van der Waals surface area contributed by atoms with Gasteiger partial charge in [0, 0.05) is 38.6 Å². The van der Waals surface area contributed by atoms with E-state index < -0.39 is 6.85 Å². The van der Waals surface area contributed by atoms with Crippen LogP contribution in [-0.4, -0.2) is 19.3 Å². The van der Waals surface area contributed by atoms with Crippen molar-refractivity contribution in [2.24, 2.45) is 0 Å². The van der Waals surface area contributed by atoms with Gasteiger partial charge in [0.25, 0.3) is 0 Å². The summed E-state index contributed by atoms with van der Waals surface area (Å²) in [5.41, 5.74) is 8.77. The zero-order valence-corrected chi connectivity index (χ0v) is 31.4. The summed E-state index contributed by atoms with van der Waals surface area (Å²) in [5, 5.41) is 6.63. The summed E-state index contributed by atoms with van der Waals surface area (Å²) in [5.74, 6) is 1.77. The molecule has 0 radical (unpaired) electrons. The third kappa shape index (κ3) is 6.49. The first-order valence-corrected chi connectivity index (χ1v) is 16.3. The van der Waals surface area contributed by atoms with E-state index in [0.29, 0.717) is 11.5 Å². The Hall–Kier alpha value is -4.47. The summed E-state index contributed by atoms with van der Waals surface area (Å²) in [7, 11) is 0. The molecule has 0 bridgehead atoms. The Kier molecular flexibility index (Phi) is 7.97. The van der Waals surface area contributed by atoms with Crippen LogP contribution < -0.4 is 4.74 Å². The third-order valence-electron chi connectivity index (χ3n) is 8.99. The van der Waals surface area contributed by atoms with Crippen LogP contribution in [0.25, 0.3) is 44.4 Å². The van der Waals surface area contributed by atoms with Gasteiger partial charge >= 0.3 is 21.1 Å². The van der Waals surface area contributed by atoms with Crippen molar-refractivity contribution in [2.75, 3.05) is 0 Å². The van der Waals surface area contributed by atoms with Crippen molar-refractivity contribution in [3.05, 3.63) is 131 Å². The number of hydrogen-bond donors (Lipinski definition) is 0. The van der Waals surface area contributed by atoms with Gasteiger partial charge in [0.05, 0.1) is 5.69 Å². The predicted octanol–water partition coefficient (Wildman–Crippen LogP) is 10.9. The molecule has 0 fully saturated rings. The van der Waals surface area contributed by atoms with Crippen molar-refractivity contribution >= 4 is 21.8 Å². The monoisotopic (exact) mass is 828 g/mol. The fraction of sp³-hybridized carbons (Fsp3) is 0.256. The van der Waals surface area contributed by atoms with E-state index in [1.54, 1.807) is 12.1 Å². The molecule has 0 saturated heterocycles. The number of hydrogen-bond acceptors (Lipinski definition) is 3. The smallest absolute Gasteiger partial charge is 0.509 e. The average molecular weight is 829 g/mol. The van der Waals surface area contributed by atoms with Crippen molar-refractivity contribution in [1.82, 2.24) is 19.3 Å². The molecule has 250 valence electrons. The van der Waals surface area contributed by atoms with Crippen LogP contribution in [0, 0.1) is 32.8 Å². The minimum Gasteiger partial charge on any atom is -0.509 e. The van der Waals surface area contributed by atoms with Crippen molar-refractivity contribution in [3.8, 4) is 34.1 Å². The fourth-order valence-electron chi connectivity index (χ4n) is 6.38. The maximum absolute atomic E-state index is 8.07. The second-order valence-corrected chi connectivity index (χ2v) is 14.6. The molecule has 7 rings (SSSR count). The van der Waals surface area contributed by atoms with E-state index in [1.165, 1.54) is 0 Å². The van der Waals surface area contributed by atoms with E-state index in [9.17, 15) is 0 Å². The first-order valence-electron chi connectivity index (χ1n) is 17.8. The zero-order chi connectivity index (χ0) is 36.5. The van der Waals surface area contributed by atoms with Gasteiger partial charge in [-0.1, -0.05) is 95.1 Å². The molecule has 4 aromatic carbocycles. The molecular weight excluding hydrogens is 784 g/mol. The van der Waals surface area contributed by atoms with Crippen molar-refractivity contribution in [3.63, 3.8) is 0 Å². The summed E-state index contributed by atoms with van der Waals surface area (Å²) >= 11 is 0. The summed E-state index contributed by atoms with van der Waals surface area (Å²) in [6.45, 7) is 14.9. The Balaban J connectivity index is 0.00000464. The second-order valence-electron chi connectivity index (χ2n) is 14.6. The van der Waals surface area contributed by atoms with Crippen LogP contribution in [0.1, 0.15) is 73.7 Å². The van der Waals surface area contributed by atoms with Gasteiger partial charge in [0.1, 0.15) is 5.82 Å². The van der Waals surface area contributed by atoms with Gasteiger partial charge in [0.15, 0.2) is 0 Å². The number of nitrogens with zero attached hydrogens (tertiary/aromatic N) is 4. The SMILES string of the molecule is [2H]C([2H])([2H])c1ccc2c(c1)c1ccc(Oc3[c-]c(-n4nc(C)c(-c5ccccc5)c4C)cc(C(C)(C)C)c3)[c-]c1n2-c1cc(C(C)(C)C)ccn1.[Pt+2]. The Morgan fingerprint density at radius 3 is 2.22 bits per heavy atom. The molecule has 3 heterocycles. The summed E-state index contributed by atoms with van der Waals surface area (Å²) in [6, 6.07) is 34.8. The van der Waals surface area contributed by atoms with Crippen molar-refractivity contribution < 1.29 is 29.9 Å². The van der Waals surface area contributed by atoms with E-state index in [0.717, 1.165) is 67.0 Å². The van der Waals surface area contributed by atoms with Crippen LogP contribution in [0.4, 0.5) is 0 Å². The van der Waals surface area contributed by atoms with Gasteiger partial charge in [-0.25, -0.2) is 4.98 Å². The van der Waals surface area contributed by atoms with Gasteiger partial charge in [0.2, 0.25) is 0 Å². The van der Waals surface area contributed by atoms with E-state index >= 15 is 0 Å². The Labute approximate surface area is 308 Å². The van der Waals surface area contributed by atoms with Gasteiger partial charge in [-0.05, 0) is 71.9 Å². The number of ether oxygens (including phenoxy) is 1. The van der Waals surface area contributed by atoms with Crippen LogP contribution in [-0.2, 0) is 31.9 Å². The maximum Gasteiger partial charge on any atom is 2.00 e. The maximum atomic E-state index is 8.07. The minimum absolute atomic E-state index is 0. The molecule has 7 aromatic rings. The van der Waals surface area contributed by atoms with Crippen molar-refractivity contribution in [1.29, 1.82) is 0 Å². The van der Waals surface area contributed by atoms with Crippen LogP contribution in [0.15, 0.2) is 91.1 Å². The average Bonchev–Trinajstić information content (AvgIpc) is 3.56. The second kappa shape index (κ2) is 12.8. The molecule has 0 saturated carbocycles. The van der Waals surface area contributed by atoms with Gasteiger partial charge < -0.3 is 9.30 Å². The number of aryl methyl sites for hydroxylation is 2. The molecular formula is C43H42N4OPt. The quantitative estimate of drug-likeness (QED) is 0.162. The Morgan fingerprint density at radius 2 is 1.51 bits per heavy atom. The van der Waals surface area contributed by atoms with Crippen LogP contribution in [0.3, 0.4) is 0 Å². The summed E-state index contributed by atoms with van der Waals surface area (Å²) < 4.78 is 34.8.